The Bertz CT molecular complexity index is 571. The molecule has 0 aliphatic carbocycles. The maximum atomic E-state index is 10.5. The van der Waals surface area contributed by atoms with Crippen LogP contribution in [0.2, 0.25) is 0 Å². The molecule has 0 bridgehead atoms. The van der Waals surface area contributed by atoms with Crippen LogP contribution >= 0.6 is 0 Å². The van der Waals surface area contributed by atoms with Crippen molar-refractivity contribution in [2.45, 2.75) is 0 Å². The summed E-state index contributed by atoms with van der Waals surface area (Å²) in [6, 6.07) is 12.5. The molecule has 20 heavy (non-hydrogen) atoms. The van der Waals surface area contributed by atoms with E-state index < -0.39 is 11.9 Å². The molecule has 0 heterocycles. The Kier molecular flexibility index (Phi) is 5.11. The summed E-state index contributed by atoms with van der Waals surface area (Å²) in [5, 5.41) is 17.5. The van der Waals surface area contributed by atoms with Gasteiger partial charge in [0.25, 0.3) is 5.91 Å². The van der Waals surface area contributed by atoms with Gasteiger partial charge in [0.05, 0.1) is 11.1 Å². The average Bonchev–Trinajstić information content (AvgIpc) is 2.40. The molecule has 0 saturated carbocycles. The van der Waals surface area contributed by atoms with Crippen molar-refractivity contribution in [1.82, 2.24) is 0 Å². The van der Waals surface area contributed by atoms with Crippen LogP contribution in [0.1, 0.15) is 20.7 Å². The summed E-state index contributed by atoms with van der Waals surface area (Å²) in [6.07, 6.45) is 0. The number of aromatic hydroxyl groups is 1. The molecule has 2 aromatic rings. The van der Waals surface area contributed by atoms with Gasteiger partial charge in [0.1, 0.15) is 5.75 Å². The number of carbonyl (C=O) groups excluding carboxylic acids is 1. The summed E-state index contributed by atoms with van der Waals surface area (Å²) in [7, 11) is 0. The molecule has 2 rings (SSSR count). The number of rotatable bonds is 2. The van der Waals surface area contributed by atoms with E-state index in [4.69, 9.17) is 21.7 Å². The monoisotopic (exact) mass is 274 g/mol. The van der Waals surface area contributed by atoms with Crippen molar-refractivity contribution in [2.24, 2.45) is 5.73 Å². The number of primary amides is 1. The quantitative estimate of drug-likeness (QED) is 0.616. The van der Waals surface area contributed by atoms with Crippen LogP contribution in [0.5, 0.6) is 5.75 Å². The Labute approximate surface area is 115 Å². The number of carboxylic acids is 1. The van der Waals surface area contributed by atoms with E-state index in [0.29, 0.717) is 5.69 Å². The summed E-state index contributed by atoms with van der Waals surface area (Å²) >= 11 is 0. The number of carboxylic acid groups (broad SMARTS) is 1. The Morgan fingerprint density at radius 2 is 1.40 bits per heavy atom. The summed E-state index contributed by atoms with van der Waals surface area (Å²) in [5.74, 6) is -1.67. The van der Waals surface area contributed by atoms with Crippen LogP contribution in [0.25, 0.3) is 0 Å². The van der Waals surface area contributed by atoms with Crippen LogP contribution < -0.4 is 11.5 Å². The molecule has 2 aromatic carbocycles. The fourth-order valence-corrected chi connectivity index (χ4v) is 1.37. The number of anilines is 1. The van der Waals surface area contributed by atoms with Gasteiger partial charge in [0, 0.05) is 5.69 Å². The molecule has 6 N–H and O–H groups in total. The lowest BCUT2D eigenvalue weighted by atomic mass is 10.2. The fourth-order valence-electron chi connectivity index (χ4n) is 1.37. The summed E-state index contributed by atoms with van der Waals surface area (Å²) < 4.78 is 0. The normalized spacial score (nSPS) is 9.20. The van der Waals surface area contributed by atoms with Gasteiger partial charge >= 0.3 is 5.97 Å². The van der Waals surface area contributed by atoms with Crippen molar-refractivity contribution in [2.75, 3.05) is 5.73 Å². The number of phenols is 1. The first-order chi connectivity index (χ1) is 9.43. The van der Waals surface area contributed by atoms with E-state index in [1.165, 1.54) is 18.2 Å². The molecular formula is C14H14N2O4. The van der Waals surface area contributed by atoms with E-state index in [1.807, 2.05) is 0 Å². The second-order valence-corrected chi connectivity index (χ2v) is 3.77. The van der Waals surface area contributed by atoms with Crippen LogP contribution in [0.4, 0.5) is 5.69 Å². The van der Waals surface area contributed by atoms with Gasteiger partial charge in [0.2, 0.25) is 0 Å². The number of benzene rings is 2. The van der Waals surface area contributed by atoms with E-state index in [2.05, 4.69) is 0 Å². The van der Waals surface area contributed by atoms with Crippen LogP contribution in [0.15, 0.2) is 48.5 Å². The zero-order valence-electron chi connectivity index (χ0n) is 10.5. The third kappa shape index (κ3) is 4.02. The van der Waals surface area contributed by atoms with Gasteiger partial charge in [-0.2, -0.15) is 0 Å². The predicted octanol–water partition coefficient (Wildman–Crippen LogP) is 1.46. The molecule has 1 amide bonds. The number of amides is 1. The highest BCUT2D eigenvalue weighted by Crippen LogP contribution is 2.13. The van der Waals surface area contributed by atoms with Crippen molar-refractivity contribution in [3.05, 3.63) is 59.7 Å². The first-order valence-electron chi connectivity index (χ1n) is 5.59. The Morgan fingerprint density at radius 3 is 1.75 bits per heavy atom. The SMILES string of the molecule is NC(=O)c1ccccc1O.Nc1ccccc1C(=O)O. The third-order valence-corrected chi connectivity index (χ3v) is 2.36. The second-order valence-electron chi connectivity index (χ2n) is 3.77. The first-order valence-corrected chi connectivity index (χ1v) is 5.59. The van der Waals surface area contributed by atoms with Crippen molar-refractivity contribution in [3.8, 4) is 5.75 Å². The maximum Gasteiger partial charge on any atom is 0.337 e. The van der Waals surface area contributed by atoms with Crippen molar-refractivity contribution in [3.63, 3.8) is 0 Å². The molecule has 0 unspecified atom stereocenters. The summed E-state index contributed by atoms with van der Waals surface area (Å²) in [6.45, 7) is 0. The Morgan fingerprint density at radius 1 is 0.900 bits per heavy atom. The lowest BCUT2D eigenvalue weighted by molar-refractivity contribution is 0.0697. The minimum atomic E-state index is -0.988. The van der Waals surface area contributed by atoms with Crippen molar-refractivity contribution < 1.29 is 19.8 Å². The van der Waals surface area contributed by atoms with E-state index in [9.17, 15) is 9.59 Å². The number of nitrogen functional groups attached to an aromatic ring is 1. The Hall–Kier alpha value is -3.02. The molecule has 0 atom stereocenters. The number of hydrogen-bond acceptors (Lipinski definition) is 4. The molecule has 104 valence electrons. The van der Waals surface area contributed by atoms with Crippen molar-refractivity contribution in [1.29, 1.82) is 0 Å². The molecule has 6 heteroatoms. The van der Waals surface area contributed by atoms with E-state index in [-0.39, 0.29) is 16.9 Å². The van der Waals surface area contributed by atoms with Crippen LogP contribution in [0, 0.1) is 0 Å². The van der Waals surface area contributed by atoms with Crippen LogP contribution in [-0.2, 0) is 0 Å². The second kappa shape index (κ2) is 6.79. The lowest BCUT2D eigenvalue weighted by Gasteiger charge is -1.96. The molecule has 0 aliphatic rings. The standard InChI is InChI=1S/2C7H7NO2/c8-7(10)5-3-1-2-4-6(5)9;8-6-4-2-1-3-5(6)7(9)10/h1-4,9H,(H2,8,10);1-4H,8H2,(H,9,10). The third-order valence-electron chi connectivity index (χ3n) is 2.36. The molecule has 0 radical (unpaired) electrons. The molecule has 0 spiro atoms. The van der Waals surface area contributed by atoms with Crippen LogP contribution in [-0.4, -0.2) is 22.1 Å². The highest BCUT2D eigenvalue weighted by molar-refractivity contribution is 5.95. The number of hydrogen-bond donors (Lipinski definition) is 4. The lowest BCUT2D eigenvalue weighted by Crippen LogP contribution is -2.10. The number of nitrogens with two attached hydrogens (primary N) is 2. The Balaban J connectivity index is 0.000000200. The maximum absolute atomic E-state index is 10.5. The van der Waals surface area contributed by atoms with Crippen LogP contribution in [0.3, 0.4) is 0 Å². The largest absolute Gasteiger partial charge is 0.507 e. The highest BCUT2D eigenvalue weighted by Gasteiger charge is 2.04. The van der Waals surface area contributed by atoms with Gasteiger partial charge in [-0.05, 0) is 24.3 Å². The summed E-state index contributed by atoms with van der Waals surface area (Å²) in [5.41, 5.74) is 10.9. The van der Waals surface area contributed by atoms with E-state index >= 15 is 0 Å². The average molecular weight is 274 g/mol. The highest BCUT2D eigenvalue weighted by atomic mass is 16.4. The number of aromatic carboxylic acids is 1. The summed E-state index contributed by atoms with van der Waals surface area (Å²) in [4.78, 5) is 20.8. The molecule has 6 nitrogen and oxygen atoms in total. The van der Waals surface area contributed by atoms with Gasteiger partial charge in [0.15, 0.2) is 0 Å². The zero-order valence-corrected chi connectivity index (χ0v) is 10.5. The molecule has 0 aliphatic heterocycles. The fraction of sp³-hybridized carbons (Fsp3) is 0. The smallest absolute Gasteiger partial charge is 0.337 e. The molecule has 0 saturated heterocycles. The predicted molar refractivity (Wildman–Crippen MR) is 74.4 cm³/mol. The van der Waals surface area contributed by atoms with Gasteiger partial charge < -0.3 is 21.7 Å². The van der Waals surface area contributed by atoms with Crippen molar-refractivity contribution >= 4 is 17.6 Å². The topological polar surface area (TPSA) is 127 Å². The number of carbonyl (C=O) groups is 2. The molecular weight excluding hydrogens is 260 g/mol. The molecule has 0 fully saturated rings. The van der Waals surface area contributed by atoms with Gasteiger partial charge in [-0.3, -0.25) is 4.79 Å². The van der Waals surface area contributed by atoms with E-state index in [0.717, 1.165) is 0 Å². The zero-order chi connectivity index (χ0) is 15.1. The first kappa shape index (κ1) is 15.0. The minimum Gasteiger partial charge on any atom is -0.507 e. The van der Waals surface area contributed by atoms with Gasteiger partial charge in [-0.1, -0.05) is 24.3 Å². The van der Waals surface area contributed by atoms with Gasteiger partial charge in [-0.15, -0.1) is 0 Å². The van der Waals surface area contributed by atoms with Gasteiger partial charge in [-0.25, -0.2) is 4.79 Å². The molecule has 0 aromatic heterocycles. The number of para-hydroxylation sites is 2. The van der Waals surface area contributed by atoms with E-state index in [1.54, 1.807) is 30.3 Å². The minimum absolute atomic E-state index is 0.0741.